The number of aromatic nitrogens is 2. The maximum absolute atomic E-state index is 13.7. The molecule has 34 heavy (non-hydrogen) atoms. The SMILES string of the molecule is CC(CC(F)(F)F)C(=O)N1CCC(O)(Cn2cnc3cc(F)c(Cl)cc3c2=O)C2(CCCC2)C1. The summed E-state index contributed by atoms with van der Waals surface area (Å²) in [5.74, 6) is -2.48. The summed E-state index contributed by atoms with van der Waals surface area (Å²) in [6.07, 6.45) is -1.47. The van der Waals surface area contributed by atoms with Gasteiger partial charge in [-0.3, -0.25) is 14.2 Å². The maximum Gasteiger partial charge on any atom is 0.389 e. The summed E-state index contributed by atoms with van der Waals surface area (Å²) < 4.78 is 53.4. The Kier molecular flexibility index (Phi) is 6.44. The molecule has 1 spiro atoms. The first kappa shape index (κ1) is 24.9. The minimum Gasteiger partial charge on any atom is -0.387 e. The number of likely N-dealkylation sites (tertiary alicyclic amines) is 1. The summed E-state index contributed by atoms with van der Waals surface area (Å²) in [7, 11) is 0. The summed E-state index contributed by atoms with van der Waals surface area (Å²) in [5, 5.41) is 11.7. The molecule has 1 N–H and O–H groups in total. The lowest BCUT2D eigenvalue weighted by Crippen LogP contribution is -2.62. The number of carbonyl (C=O) groups excluding carboxylic acids is 1. The number of amides is 1. The van der Waals surface area contributed by atoms with Crippen molar-refractivity contribution in [3.05, 3.63) is 39.7 Å². The number of benzene rings is 1. The van der Waals surface area contributed by atoms with Crippen LogP contribution in [0.5, 0.6) is 0 Å². The highest BCUT2D eigenvalue weighted by atomic mass is 35.5. The minimum atomic E-state index is -4.44. The molecule has 1 aliphatic heterocycles. The summed E-state index contributed by atoms with van der Waals surface area (Å²) in [5.41, 5.74) is -2.44. The molecule has 0 bridgehead atoms. The molecule has 0 radical (unpaired) electrons. The number of piperidine rings is 1. The minimum absolute atomic E-state index is 0.0894. The predicted octanol–water partition coefficient (Wildman–Crippen LogP) is 4.30. The molecular formula is C23H26ClF4N3O3. The van der Waals surface area contributed by atoms with Gasteiger partial charge in [0, 0.05) is 30.5 Å². The molecule has 1 amide bonds. The topological polar surface area (TPSA) is 75.4 Å². The molecule has 11 heteroatoms. The lowest BCUT2D eigenvalue weighted by atomic mass is 9.65. The van der Waals surface area contributed by atoms with E-state index in [-0.39, 0.29) is 42.0 Å². The quantitative estimate of drug-likeness (QED) is 0.631. The average molecular weight is 504 g/mol. The van der Waals surface area contributed by atoms with E-state index in [9.17, 15) is 32.3 Å². The van der Waals surface area contributed by atoms with Crippen LogP contribution in [0.25, 0.3) is 10.9 Å². The van der Waals surface area contributed by atoms with Gasteiger partial charge in [0.05, 0.1) is 40.8 Å². The zero-order valence-electron chi connectivity index (χ0n) is 18.7. The summed E-state index contributed by atoms with van der Waals surface area (Å²) in [6.45, 7) is 1.40. The number of fused-ring (bicyclic) bond motifs is 1. The highest BCUT2D eigenvalue weighted by Crippen LogP contribution is 2.51. The Morgan fingerprint density at radius 1 is 1.26 bits per heavy atom. The Hall–Kier alpha value is -2.20. The van der Waals surface area contributed by atoms with Crippen LogP contribution in [0.4, 0.5) is 17.6 Å². The fourth-order valence-corrected chi connectivity index (χ4v) is 5.74. The number of carbonyl (C=O) groups is 1. The van der Waals surface area contributed by atoms with Crippen molar-refractivity contribution in [2.24, 2.45) is 11.3 Å². The molecule has 1 saturated carbocycles. The van der Waals surface area contributed by atoms with Crippen molar-refractivity contribution in [3.8, 4) is 0 Å². The van der Waals surface area contributed by atoms with Gasteiger partial charge in [0.15, 0.2) is 0 Å². The van der Waals surface area contributed by atoms with Crippen LogP contribution < -0.4 is 5.56 Å². The second kappa shape index (κ2) is 8.78. The number of alkyl halides is 3. The highest BCUT2D eigenvalue weighted by molar-refractivity contribution is 6.31. The Morgan fingerprint density at radius 3 is 2.59 bits per heavy atom. The third-order valence-corrected chi connectivity index (χ3v) is 7.70. The molecule has 2 aromatic rings. The van der Waals surface area contributed by atoms with Crippen molar-refractivity contribution in [1.29, 1.82) is 0 Å². The van der Waals surface area contributed by atoms with Crippen LogP contribution >= 0.6 is 11.6 Å². The van der Waals surface area contributed by atoms with Crippen LogP contribution in [0.2, 0.25) is 5.02 Å². The standard InChI is InChI=1S/C23H26ClF4N3O3/c1-14(10-23(26,27)28)19(32)30-7-6-22(34,21(11-30)4-2-3-5-21)12-31-13-29-18-9-17(25)16(24)8-15(18)20(31)33/h8-9,13-14,34H,2-7,10-12H2,1H3. The normalized spacial score (nSPS) is 23.6. The van der Waals surface area contributed by atoms with Gasteiger partial charge in [-0.1, -0.05) is 31.4 Å². The van der Waals surface area contributed by atoms with Crippen LogP contribution in [0.15, 0.2) is 23.3 Å². The molecular weight excluding hydrogens is 478 g/mol. The second-order valence-corrected chi connectivity index (χ2v) is 10.1. The van der Waals surface area contributed by atoms with E-state index >= 15 is 0 Å². The van der Waals surface area contributed by atoms with Gasteiger partial charge in [0.2, 0.25) is 5.91 Å². The smallest absolute Gasteiger partial charge is 0.387 e. The van der Waals surface area contributed by atoms with Crippen LogP contribution in [-0.4, -0.2) is 50.3 Å². The maximum atomic E-state index is 13.7. The third kappa shape index (κ3) is 4.54. The van der Waals surface area contributed by atoms with Gasteiger partial charge in [0.1, 0.15) is 5.82 Å². The van der Waals surface area contributed by atoms with Crippen molar-refractivity contribution >= 4 is 28.4 Å². The van der Waals surface area contributed by atoms with Crippen LogP contribution in [0.1, 0.15) is 45.4 Å². The summed E-state index contributed by atoms with van der Waals surface area (Å²) >= 11 is 5.83. The third-order valence-electron chi connectivity index (χ3n) is 7.41. The van der Waals surface area contributed by atoms with Crippen LogP contribution in [0.3, 0.4) is 0 Å². The molecule has 1 aliphatic carbocycles. The summed E-state index contributed by atoms with van der Waals surface area (Å²) in [4.78, 5) is 31.4. The largest absolute Gasteiger partial charge is 0.389 e. The van der Waals surface area contributed by atoms with E-state index in [0.29, 0.717) is 12.8 Å². The lowest BCUT2D eigenvalue weighted by molar-refractivity contribution is -0.172. The van der Waals surface area contributed by atoms with Gasteiger partial charge in [-0.15, -0.1) is 0 Å². The van der Waals surface area contributed by atoms with Crippen molar-refractivity contribution in [2.75, 3.05) is 13.1 Å². The van der Waals surface area contributed by atoms with Gasteiger partial charge >= 0.3 is 6.18 Å². The number of nitrogens with zero attached hydrogens (tertiary/aromatic N) is 3. The lowest BCUT2D eigenvalue weighted by Gasteiger charge is -2.52. The fourth-order valence-electron chi connectivity index (χ4n) is 5.58. The Morgan fingerprint density at radius 2 is 1.94 bits per heavy atom. The number of halogens is 5. The zero-order valence-corrected chi connectivity index (χ0v) is 19.4. The molecule has 1 aromatic carbocycles. The molecule has 4 rings (SSSR count). The second-order valence-electron chi connectivity index (χ2n) is 9.71. The van der Waals surface area contributed by atoms with E-state index in [2.05, 4.69) is 4.98 Å². The Bertz CT molecular complexity index is 1160. The van der Waals surface area contributed by atoms with E-state index in [1.165, 1.54) is 28.8 Å². The van der Waals surface area contributed by atoms with E-state index in [0.717, 1.165) is 18.9 Å². The summed E-state index contributed by atoms with van der Waals surface area (Å²) in [6, 6.07) is 2.28. The molecule has 1 aromatic heterocycles. The molecule has 2 heterocycles. The molecule has 2 atom stereocenters. The van der Waals surface area contributed by atoms with E-state index in [1.807, 2.05) is 0 Å². The van der Waals surface area contributed by atoms with Crippen molar-refractivity contribution in [3.63, 3.8) is 0 Å². The van der Waals surface area contributed by atoms with Gasteiger partial charge < -0.3 is 10.0 Å². The number of rotatable bonds is 4. The molecule has 6 nitrogen and oxygen atoms in total. The first-order valence-corrected chi connectivity index (χ1v) is 11.6. The Balaban J connectivity index is 1.62. The fraction of sp³-hybridized carbons (Fsp3) is 0.609. The average Bonchev–Trinajstić information content (AvgIpc) is 3.22. The van der Waals surface area contributed by atoms with Crippen molar-refractivity contribution in [2.45, 2.75) is 63.8 Å². The van der Waals surface area contributed by atoms with Crippen LogP contribution in [-0.2, 0) is 11.3 Å². The molecule has 2 unspecified atom stereocenters. The number of hydrogen-bond acceptors (Lipinski definition) is 4. The number of hydrogen-bond donors (Lipinski definition) is 1. The predicted molar refractivity (Wildman–Crippen MR) is 118 cm³/mol. The van der Waals surface area contributed by atoms with Crippen molar-refractivity contribution in [1.82, 2.24) is 14.5 Å². The van der Waals surface area contributed by atoms with E-state index in [4.69, 9.17) is 11.6 Å². The van der Waals surface area contributed by atoms with E-state index in [1.54, 1.807) is 0 Å². The Labute approximate surface area is 198 Å². The number of aliphatic hydroxyl groups is 1. The first-order valence-electron chi connectivity index (χ1n) is 11.3. The first-order chi connectivity index (χ1) is 15.8. The van der Waals surface area contributed by atoms with Gasteiger partial charge in [-0.05, 0) is 25.3 Å². The van der Waals surface area contributed by atoms with E-state index < -0.39 is 46.8 Å². The van der Waals surface area contributed by atoms with Crippen LogP contribution in [0, 0.1) is 17.2 Å². The van der Waals surface area contributed by atoms with Gasteiger partial charge in [0.25, 0.3) is 5.56 Å². The van der Waals surface area contributed by atoms with Gasteiger partial charge in [-0.25, -0.2) is 9.37 Å². The molecule has 2 fully saturated rings. The highest BCUT2D eigenvalue weighted by Gasteiger charge is 2.56. The molecule has 1 saturated heterocycles. The molecule has 186 valence electrons. The zero-order chi connectivity index (χ0) is 24.9. The van der Waals surface area contributed by atoms with Crippen molar-refractivity contribution < 1.29 is 27.5 Å². The molecule has 2 aliphatic rings. The monoisotopic (exact) mass is 503 g/mol. The van der Waals surface area contributed by atoms with Gasteiger partial charge in [-0.2, -0.15) is 13.2 Å².